The number of aromatic hydroxyl groups is 1. The Morgan fingerprint density at radius 2 is 1.65 bits per heavy atom. The van der Waals surface area contributed by atoms with Gasteiger partial charge in [-0.2, -0.15) is 0 Å². The summed E-state index contributed by atoms with van der Waals surface area (Å²) in [5.74, 6) is -3.22. The van der Waals surface area contributed by atoms with E-state index in [4.69, 9.17) is 20.1 Å². The summed E-state index contributed by atoms with van der Waals surface area (Å²) >= 11 is 0. The number of benzene rings is 1. The first-order valence-electron chi connectivity index (χ1n) is 4.67. The minimum atomic E-state index is -1.31. The summed E-state index contributed by atoms with van der Waals surface area (Å²) in [7, 11) is 1.52. The molecule has 1 rings (SSSR count). The Morgan fingerprint density at radius 3 is 1.88 bits per heavy atom. The van der Waals surface area contributed by atoms with Gasteiger partial charge in [0.05, 0.1) is 7.11 Å². The zero-order valence-electron chi connectivity index (χ0n) is 9.45. The van der Waals surface area contributed by atoms with E-state index in [1.54, 1.807) is 24.3 Å². The lowest BCUT2D eigenvalue weighted by Gasteiger charge is -1.99. The van der Waals surface area contributed by atoms with E-state index in [2.05, 4.69) is 0 Å². The molecule has 0 amide bonds. The van der Waals surface area contributed by atoms with Crippen molar-refractivity contribution in [3.63, 3.8) is 0 Å². The van der Waals surface area contributed by atoms with Crippen LogP contribution in [0.2, 0.25) is 0 Å². The maximum atomic E-state index is 9.76. The number of rotatable bonds is 3. The smallest absolute Gasteiger partial charge is 0.317 e. The van der Waals surface area contributed by atoms with Crippen LogP contribution in [0.15, 0.2) is 24.3 Å². The number of carboxylic acids is 2. The summed E-state index contributed by atoms with van der Waals surface area (Å²) in [6.07, 6.45) is 0. The van der Waals surface area contributed by atoms with Gasteiger partial charge in [0.25, 0.3) is 0 Å². The zero-order valence-corrected chi connectivity index (χ0v) is 9.45. The zero-order chi connectivity index (χ0) is 13.4. The van der Waals surface area contributed by atoms with E-state index in [1.807, 2.05) is 0 Å². The van der Waals surface area contributed by atoms with Crippen LogP contribution in [-0.2, 0) is 9.59 Å². The van der Waals surface area contributed by atoms with Crippen LogP contribution in [0.1, 0.15) is 6.92 Å². The van der Waals surface area contributed by atoms with E-state index >= 15 is 0 Å². The average Bonchev–Trinajstić information content (AvgIpc) is 2.29. The first-order chi connectivity index (χ1) is 7.90. The fourth-order valence-corrected chi connectivity index (χ4v) is 0.735. The van der Waals surface area contributed by atoms with Crippen molar-refractivity contribution in [3.8, 4) is 11.5 Å². The van der Waals surface area contributed by atoms with E-state index in [0.717, 1.165) is 6.92 Å². The number of carboxylic acid groups (broad SMARTS) is 2. The number of methoxy groups -OCH3 is 1. The van der Waals surface area contributed by atoms with Crippen molar-refractivity contribution in [2.24, 2.45) is 5.92 Å². The maximum absolute atomic E-state index is 9.76. The highest BCUT2D eigenvalue weighted by atomic mass is 16.5. The second-order valence-corrected chi connectivity index (χ2v) is 3.07. The molecular formula is C11H14O6. The molecule has 0 aliphatic rings. The Kier molecular flexibility index (Phi) is 6.17. The quantitative estimate of drug-likeness (QED) is 0.688. The third-order valence-electron chi connectivity index (χ3n) is 1.83. The molecule has 0 saturated heterocycles. The number of hydrogen-bond donors (Lipinski definition) is 3. The van der Waals surface area contributed by atoms with Gasteiger partial charge in [0.1, 0.15) is 0 Å². The molecule has 0 aliphatic carbocycles. The fourth-order valence-electron chi connectivity index (χ4n) is 0.735. The first kappa shape index (κ1) is 14.8. The molecule has 6 heteroatoms. The van der Waals surface area contributed by atoms with Crippen LogP contribution >= 0.6 is 0 Å². The van der Waals surface area contributed by atoms with Gasteiger partial charge in [0, 0.05) is 0 Å². The third kappa shape index (κ3) is 5.41. The average molecular weight is 242 g/mol. The van der Waals surface area contributed by atoms with Crippen LogP contribution in [0.3, 0.4) is 0 Å². The molecule has 3 N–H and O–H groups in total. The molecule has 1 aromatic carbocycles. The molecule has 0 radical (unpaired) electrons. The standard InChI is InChI=1S/C7H8O2.C4H6O4/c1-9-7-5-3-2-4-6(7)8;1-2(3(5)6)4(7)8/h2-5,8H,1H3;2H,1H3,(H,5,6)(H,7,8). The highest BCUT2D eigenvalue weighted by Gasteiger charge is 2.18. The number of carbonyl (C=O) groups is 2. The Balaban J connectivity index is 0.000000304. The van der Waals surface area contributed by atoms with Gasteiger partial charge in [-0.05, 0) is 19.1 Å². The Hall–Kier alpha value is -2.24. The molecule has 0 unspecified atom stereocenters. The van der Waals surface area contributed by atoms with Crippen molar-refractivity contribution in [1.29, 1.82) is 0 Å². The monoisotopic (exact) mass is 242 g/mol. The normalized spacial score (nSPS) is 9.12. The molecule has 0 aromatic heterocycles. The molecule has 6 nitrogen and oxygen atoms in total. The van der Waals surface area contributed by atoms with Gasteiger partial charge in [-0.25, -0.2) is 0 Å². The Bertz CT molecular complexity index is 373. The SMILES string of the molecule is CC(C(=O)O)C(=O)O.COc1ccccc1O. The van der Waals surface area contributed by atoms with E-state index in [9.17, 15) is 9.59 Å². The van der Waals surface area contributed by atoms with Crippen LogP contribution in [0.4, 0.5) is 0 Å². The predicted octanol–water partition coefficient (Wildman–Crippen LogP) is 1.19. The van der Waals surface area contributed by atoms with Gasteiger partial charge in [-0.3, -0.25) is 9.59 Å². The van der Waals surface area contributed by atoms with E-state index in [-0.39, 0.29) is 5.75 Å². The molecule has 0 saturated carbocycles. The summed E-state index contributed by atoms with van der Waals surface area (Å²) < 4.78 is 4.79. The molecule has 17 heavy (non-hydrogen) atoms. The number of aliphatic carboxylic acids is 2. The molecular weight excluding hydrogens is 228 g/mol. The van der Waals surface area contributed by atoms with Crippen molar-refractivity contribution in [3.05, 3.63) is 24.3 Å². The topological polar surface area (TPSA) is 104 Å². The minimum absolute atomic E-state index is 0.181. The highest BCUT2D eigenvalue weighted by Crippen LogP contribution is 2.22. The first-order valence-corrected chi connectivity index (χ1v) is 4.67. The molecule has 0 fully saturated rings. The molecule has 94 valence electrons. The second-order valence-electron chi connectivity index (χ2n) is 3.07. The molecule has 1 aromatic rings. The van der Waals surface area contributed by atoms with Crippen molar-refractivity contribution < 1.29 is 29.6 Å². The van der Waals surface area contributed by atoms with Gasteiger partial charge in [-0.15, -0.1) is 0 Å². The van der Waals surface area contributed by atoms with E-state index in [0.29, 0.717) is 5.75 Å². The lowest BCUT2D eigenvalue weighted by atomic mass is 10.2. The Morgan fingerprint density at radius 1 is 1.18 bits per heavy atom. The number of hydrogen-bond acceptors (Lipinski definition) is 4. The summed E-state index contributed by atoms with van der Waals surface area (Å²) in [6.45, 7) is 1.12. The summed E-state index contributed by atoms with van der Waals surface area (Å²) in [6, 6.07) is 6.84. The largest absolute Gasteiger partial charge is 0.504 e. The van der Waals surface area contributed by atoms with Gasteiger partial charge < -0.3 is 20.1 Å². The second kappa shape index (κ2) is 7.10. The van der Waals surface area contributed by atoms with Crippen molar-refractivity contribution in [2.45, 2.75) is 6.92 Å². The van der Waals surface area contributed by atoms with Gasteiger partial charge in [0.2, 0.25) is 0 Å². The predicted molar refractivity (Wildman–Crippen MR) is 59.1 cm³/mol. The number of para-hydroxylation sites is 2. The molecule has 0 aliphatic heterocycles. The maximum Gasteiger partial charge on any atom is 0.317 e. The Labute approximate surface area is 98.1 Å². The number of phenolic OH excluding ortho intramolecular Hbond substituents is 1. The third-order valence-corrected chi connectivity index (χ3v) is 1.83. The van der Waals surface area contributed by atoms with Gasteiger partial charge >= 0.3 is 11.9 Å². The molecule has 0 bridgehead atoms. The van der Waals surface area contributed by atoms with Crippen LogP contribution in [0, 0.1) is 5.92 Å². The van der Waals surface area contributed by atoms with Gasteiger partial charge in [-0.1, -0.05) is 12.1 Å². The van der Waals surface area contributed by atoms with Crippen LogP contribution in [-0.4, -0.2) is 34.4 Å². The number of phenols is 1. The summed E-state index contributed by atoms with van der Waals surface area (Å²) in [5.41, 5.74) is 0. The number of ether oxygens (including phenoxy) is 1. The van der Waals surface area contributed by atoms with Crippen molar-refractivity contribution >= 4 is 11.9 Å². The summed E-state index contributed by atoms with van der Waals surface area (Å²) in [4.78, 5) is 19.5. The van der Waals surface area contributed by atoms with Crippen molar-refractivity contribution in [1.82, 2.24) is 0 Å². The fraction of sp³-hybridized carbons (Fsp3) is 0.273. The summed E-state index contributed by atoms with van der Waals surface area (Å²) in [5, 5.41) is 24.9. The molecule has 0 spiro atoms. The molecule has 0 atom stereocenters. The van der Waals surface area contributed by atoms with Crippen LogP contribution < -0.4 is 4.74 Å². The molecule has 0 heterocycles. The van der Waals surface area contributed by atoms with Crippen LogP contribution in [0.5, 0.6) is 11.5 Å². The minimum Gasteiger partial charge on any atom is -0.504 e. The van der Waals surface area contributed by atoms with E-state index < -0.39 is 17.9 Å². The van der Waals surface area contributed by atoms with Gasteiger partial charge in [0.15, 0.2) is 17.4 Å². The van der Waals surface area contributed by atoms with Crippen molar-refractivity contribution in [2.75, 3.05) is 7.11 Å². The lowest BCUT2D eigenvalue weighted by Crippen LogP contribution is -2.19. The van der Waals surface area contributed by atoms with Crippen LogP contribution in [0.25, 0.3) is 0 Å². The van der Waals surface area contributed by atoms with E-state index in [1.165, 1.54) is 7.11 Å². The highest BCUT2D eigenvalue weighted by molar-refractivity contribution is 5.92. The lowest BCUT2D eigenvalue weighted by molar-refractivity contribution is -0.153.